The second kappa shape index (κ2) is 19.3. The van der Waals surface area contributed by atoms with Gasteiger partial charge in [0.2, 0.25) is 5.75 Å². The quantitative estimate of drug-likeness (QED) is 0.0550. The Morgan fingerprint density at radius 1 is 0.551 bits per heavy atom. The predicted molar refractivity (Wildman–Crippen MR) is 175 cm³/mol. The topological polar surface area (TPSA) is 124 Å². The third-order valence-corrected chi connectivity index (χ3v) is 6.59. The molecule has 0 saturated carbocycles. The summed E-state index contributed by atoms with van der Waals surface area (Å²) in [6.07, 6.45) is 3.67. The van der Waals surface area contributed by atoms with E-state index in [1.54, 1.807) is 13.8 Å². The minimum atomic E-state index is -1.25. The molecule has 0 aliphatic carbocycles. The number of unbranched alkanes of at least 4 members (excludes halogenated alkanes) is 3. The van der Waals surface area contributed by atoms with Gasteiger partial charge >= 0.3 is 23.9 Å². The zero-order valence-electron chi connectivity index (χ0n) is 27.4. The van der Waals surface area contributed by atoms with Gasteiger partial charge in [-0.1, -0.05) is 13.2 Å². The average Bonchev–Trinajstić information content (AvgIpc) is 3.07. The van der Waals surface area contributed by atoms with Crippen LogP contribution in [0.3, 0.4) is 0 Å². The number of ether oxygens (including phenoxy) is 6. The van der Waals surface area contributed by atoms with Crippen molar-refractivity contribution < 1.29 is 56.4 Å². The normalized spacial score (nSPS) is 10.4. The number of halogens is 2. The van der Waals surface area contributed by atoms with Gasteiger partial charge in [0.15, 0.2) is 11.6 Å². The highest BCUT2D eigenvalue weighted by molar-refractivity contribution is 5.92. The van der Waals surface area contributed by atoms with Crippen LogP contribution < -0.4 is 18.9 Å². The first kappa shape index (κ1) is 37.9. The van der Waals surface area contributed by atoms with Gasteiger partial charge in [-0.15, -0.1) is 0 Å². The van der Waals surface area contributed by atoms with Gasteiger partial charge < -0.3 is 28.4 Å². The summed E-state index contributed by atoms with van der Waals surface area (Å²) in [5.41, 5.74) is 0.787. The van der Waals surface area contributed by atoms with Crippen LogP contribution in [0.5, 0.6) is 23.0 Å². The van der Waals surface area contributed by atoms with E-state index < -0.39 is 47.0 Å². The third kappa shape index (κ3) is 12.9. The molecule has 0 spiro atoms. The highest BCUT2D eigenvalue weighted by Gasteiger charge is 2.20. The van der Waals surface area contributed by atoms with Crippen molar-refractivity contribution in [3.05, 3.63) is 108 Å². The van der Waals surface area contributed by atoms with Gasteiger partial charge in [0.25, 0.3) is 0 Å². The van der Waals surface area contributed by atoms with E-state index in [1.807, 2.05) is 0 Å². The van der Waals surface area contributed by atoms with Gasteiger partial charge in [0.05, 0.1) is 37.6 Å². The van der Waals surface area contributed by atoms with Gasteiger partial charge in [-0.3, -0.25) is 0 Å². The Hall–Kier alpha value is -5.52. The molecule has 0 amide bonds. The molecule has 0 radical (unpaired) electrons. The Morgan fingerprint density at radius 2 is 0.959 bits per heavy atom. The van der Waals surface area contributed by atoms with Crippen molar-refractivity contribution >= 4 is 23.9 Å². The number of hydrogen-bond acceptors (Lipinski definition) is 10. The van der Waals surface area contributed by atoms with Crippen LogP contribution in [-0.2, 0) is 19.1 Å². The van der Waals surface area contributed by atoms with Crippen LogP contribution in [0.2, 0.25) is 0 Å². The van der Waals surface area contributed by atoms with Gasteiger partial charge in [0, 0.05) is 29.7 Å². The number of benzene rings is 3. The molecule has 0 aromatic heterocycles. The lowest BCUT2D eigenvalue weighted by atomic mass is 10.2. The molecule has 3 aromatic carbocycles. The molecule has 0 aliphatic heterocycles. The number of carbonyl (C=O) groups excluding carboxylic acids is 4. The van der Waals surface area contributed by atoms with Gasteiger partial charge in [-0.2, -0.15) is 0 Å². The van der Waals surface area contributed by atoms with Crippen molar-refractivity contribution in [1.29, 1.82) is 0 Å². The molecule has 3 rings (SSSR count). The molecule has 49 heavy (non-hydrogen) atoms. The molecule has 3 aromatic rings. The van der Waals surface area contributed by atoms with Crippen LogP contribution in [0.15, 0.2) is 85.0 Å². The molecule has 260 valence electrons. The zero-order chi connectivity index (χ0) is 35.8. The molecule has 0 heterocycles. The fourth-order valence-corrected chi connectivity index (χ4v) is 3.96. The summed E-state index contributed by atoms with van der Waals surface area (Å²) in [5.74, 6) is -5.71. The Bertz CT molecular complexity index is 1610. The highest BCUT2D eigenvalue weighted by Crippen LogP contribution is 2.29. The van der Waals surface area contributed by atoms with Crippen molar-refractivity contribution in [3.63, 3.8) is 0 Å². The van der Waals surface area contributed by atoms with E-state index in [-0.39, 0.29) is 24.3 Å². The summed E-state index contributed by atoms with van der Waals surface area (Å²) >= 11 is 0. The minimum absolute atomic E-state index is 0.0320. The van der Waals surface area contributed by atoms with Gasteiger partial charge in [-0.05, 0) is 88.1 Å². The van der Waals surface area contributed by atoms with Crippen molar-refractivity contribution in [3.8, 4) is 23.0 Å². The standard InChI is InChI=1S/C37H38F2O10/c1-24(2)34(40)46-19-8-6-5-7-18-44-28-16-12-27(13-17-28)37(43)49-33-31(38)22-30(23-32(33)39)48-36(42)26-10-14-29(15-11-26)45-20-9-21-47-35(41)25(3)4/h10-17,22-23H,1,3,5-9,18-21H2,2,4H3. The molecule has 0 unspecified atom stereocenters. The lowest BCUT2D eigenvalue weighted by molar-refractivity contribution is -0.140. The van der Waals surface area contributed by atoms with Crippen LogP contribution in [0.4, 0.5) is 8.78 Å². The first-order chi connectivity index (χ1) is 23.4. The number of esters is 4. The Kier molecular flexibility index (Phi) is 15.0. The van der Waals surface area contributed by atoms with Crippen molar-refractivity contribution in [2.45, 2.75) is 46.0 Å². The molecule has 0 N–H and O–H groups in total. The summed E-state index contributed by atoms with van der Waals surface area (Å²) in [4.78, 5) is 47.8. The van der Waals surface area contributed by atoms with E-state index in [2.05, 4.69) is 13.2 Å². The SMILES string of the molecule is C=C(C)C(=O)OCCCCCCOc1ccc(C(=O)Oc2c(F)cc(OC(=O)c3ccc(OCCCOC(=O)C(=C)C)cc3)cc2F)cc1. The summed E-state index contributed by atoms with van der Waals surface area (Å²) in [7, 11) is 0. The smallest absolute Gasteiger partial charge is 0.343 e. The first-order valence-electron chi connectivity index (χ1n) is 15.5. The summed E-state index contributed by atoms with van der Waals surface area (Å²) in [6, 6.07) is 13.2. The van der Waals surface area contributed by atoms with E-state index >= 15 is 0 Å². The predicted octanol–water partition coefficient (Wildman–Crippen LogP) is 7.35. The van der Waals surface area contributed by atoms with Gasteiger partial charge in [0.1, 0.15) is 17.2 Å². The van der Waals surface area contributed by atoms with E-state index in [4.69, 9.17) is 28.4 Å². The van der Waals surface area contributed by atoms with Gasteiger partial charge in [-0.25, -0.2) is 28.0 Å². The average molecular weight is 681 g/mol. The fraction of sp³-hybridized carbons (Fsp3) is 0.297. The Balaban J connectivity index is 1.42. The van der Waals surface area contributed by atoms with Crippen molar-refractivity contribution in [2.24, 2.45) is 0 Å². The molecule has 0 aliphatic rings. The first-order valence-corrected chi connectivity index (χ1v) is 15.5. The lowest BCUT2D eigenvalue weighted by Crippen LogP contribution is -2.12. The van der Waals surface area contributed by atoms with E-state index in [9.17, 15) is 28.0 Å². The molecule has 0 atom stereocenters. The number of hydrogen-bond donors (Lipinski definition) is 0. The number of rotatable bonds is 19. The zero-order valence-corrected chi connectivity index (χ0v) is 27.4. The Labute approximate surface area is 283 Å². The fourth-order valence-electron chi connectivity index (χ4n) is 3.96. The summed E-state index contributed by atoms with van der Waals surface area (Å²) in [6.45, 7) is 11.3. The molecule has 0 bridgehead atoms. The minimum Gasteiger partial charge on any atom is -0.494 e. The Morgan fingerprint density at radius 3 is 1.43 bits per heavy atom. The van der Waals surface area contributed by atoms with E-state index in [0.29, 0.717) is 42.3 Å². The molecule has 10 nitrogen and oxygen atoms in total. The molecule has 12 heteroatoms. The molecule has 0 fully saturated rings. The summed E-state index contributed by atoms with van der Waals surface area (Å²) < 4.78 is 60.8. The number of carbonyl (C=O) groups is 4. The summed E-state index contributed by atoms with van der Waals surface area (Å²) in [5, 5.41) is 0. The molecular formula is C37H38F2O10. The van der Waals surface area contributed by atoms with Crippen molar-refractivity contribution in [1.82, 2.24) is 0 Å². The van der Waals surface area contributed by atoms with E-state index in [1.165, 1.54) is 48.5 Å². The largest absolute Gasteiger partial charge is 0.494 e. The second-order valence-corrected chi connectivity index (χ2v) is 10.8. The highest BCUT2D eigenvalue weighted by atomic mass is 19.1. The van der Waals surface area contributed by atoms with Crippen LogP contribution in [0.1, 0.15) is 66.7 Å². The van der Waals surface area contributed by atoms with Crippen molar-refractivity contribution in [2.75, 3.05) is 26.4 Å². The van der Waals surface area contributed by atoms with Crippen LogP contribution in [-0.4, -0.2) is 50.3 Å². The maximum atomic E-state index is 14.7. The third-order valence-electron chi connectivity index (χ3n) is 6.59. The van der Waals surface area contributed by atoms with Crippen LogP contribution in [0, 0.1) is 11.6 Å². The van der Waals surface area contributed by atoms with Crippen LogP contribution >= 0.6 is 0 Å². The monoisotopic (exact) mass is 680 g/mol. The maximum Gasteiger partial charge on any atom is 0.343 e. The van der Waals surface area contributed by atoms with Crippen LogP contribution in [0.25, 0.3) is 0 Å². The lowest BCUT2D eigenvalue weighted by Gasteiger charge is -2.11. The molecule has 0 saturated heterocycles. The maximum absolute atomic E-state index is 14.7. The molecular weight excluding hydrogens is 642 g/mol. The van der Waals surface area contributed by atoms with E-state index in [0.717, 1.165) is 37.8 Å². The second-order valence-electron chi connectivity index (χ2n) is 10.8.